The van der Waals surface area contributed by atoms with Crippen LogP contribution in [0.15, 0.2) is 30.3 Å². The minimum atomic E-state index is -2.87. The summed E-state index contributed by atoms with van der Waals surface area (Å²) in [6.07, 6.45) is 0. The molecule has 0 heterocycles. The second-order valence-corrected chi connectivity index (χ2v) is 3.53. The fraction of sp³-hybridized carbons (Fsp3) is 0.455. The third-order valence-corrected chi connectivity index (χ3v) is 2.15. The first-order valence-electron chi connectivity index (χ1n) is 4.79. The van der Waals surface area contributed by atoms with Crippen molar-refractivity contribution >= 4 is 0 Å². The Labute approximate surface area is 88.1 Å². The van der Waals surface area contributed by atoms with Crippen molar-refractivity contribution in [2.24, 2.45) is 0 Å². The Bertz CT molecular complexity index is 290. The van der Waals surface area contributed by atoms with Gasteiger partial charge < -0.3 is 5.11 Å². The normalized spacial score (nSPS) is 12.1. The number of hydrogen-bond donors (Lipinski definition) is 1. The molecule has 0 bridgehead atoms. The van der Waals surface area contributed by atoms with Gasteiger partial charge in [0.05, 0.1) is 13.2 Å². The molecule has 0 aliphatic rings. The van der Waals surface area contributed by atoms with Gasteiger partial charge in [-0.15, -0.1) is 0 Å². The molecule has 1 aromatic carbocycles. The molecule has 15 heavy (non-hydrogen) atoms. The van der Waals surface area contributed by atoms with E-state index < -0.39 is 5.92 Å². The lowest BCUT2D eigenvalue weighted by atomic mass is 10.1. The Morgan fingerprint density at radius 1 is 1.27 bits per heavy atom. The highest BCUT2D eigenvalue weighted by molar-refractivity contribution is 5.20. The first-order valence-corrected chi connectivity index (χ1v) is 4.79. The van der Waals surface area contributed by atoms with Gasteiger partial charge in [0.25, 0.3) is 5.92 Å². The van der Waals surface area contributed by atoms with Crippen molar-refractivity contribution in [3.8, 4) is 0 Å². The van der Waals surface area contributed by atoms with E-state index in [1.165, 1.54) is 17.0 Å². The van der Waals surface area contributed by atoms with Crippen LogP contribution in [0.4, 0.5) is 8.78 Å². The molecule has 0 aliphatic carbocycles. The number of alkyl halides is 2. The molecule has 1 N–H and O–H groups in total. The topological polar surface area (TPSA) is 23.5 Å². The highest BCUT2D eigenvalue weighted by Crippen LogP contribution is 2.28. The van der Waals surface area contributed by atoms with Gasteiger partial charge >= 0.3 is 0 Å². The van der Waals surface area contributed by atoms with Gasteiger partial charge in [-0.25, -0.2) is 0 Å². The fourth-order valence-corrected chi connectivity index (χ4v) is 1.36. The van der Waals surface area contributed by atoms with Crippen molar-refractivity contribution in [3.05, 3.63) is 35.9 Å². The summed E-state index contributed by atoms with van der Waals surface area (Å²) in [5, 5.41) is 8.62. The second-order valence-electron chi connectivity index (χ2n) is 3.53. The monoisotopic (exact) mass is 215 g/mol. The summed E-state index contributed by atoms with van der Waals surface area (Å²) in [5.41, 5.74) is 0.00906. The number of aliphatic hydroxyl groups excluding tert-OH is 1. The molecular formula is C11H15F2NO. The van der Waals surface area contributed by atoms with Crippen LogP contribution < -0.4 is 0 Å². The van der Waals surface area contributed by atoms with Crippen LogP contribution in [0.2, 0.25) is 0 Å². The number of rotatable bonds is 5. The van der Waals surface area contributed by atoms with Gasteiger partial charge in [-0.05, 0) is 7.05 Å². The lowest BCUT2D eigenvalue weighted by Gasteiger charge is -2.23. The third kappa shape index (κ3) is 3.57. The van der Waals surface area contributed by atoms with Crippen LogP contribution in [0, 0.1) is 0 Å². The summed E-state index contributed by atoms with van der Waals surface area (Å²) in [6, 6.07) is 7.71. The highest BCUT2D eigenvalue weighted by Gasteiger charge is 2.32. The Kier molecular flexibility index (Phi) is 4.17. The van der Waals surface area contributed by atoms with E-state index in [9.17, 15) is 8.78 Å². The molecule has 1 rings (SSSR count). The van der Waals surface area contributed by atoms with Crippen LogP contribution in [-0.2, 0) is 5.92 Å². The van der Waals surface area contributed by atoms with Crippen LogP contribution in [0.25, 0.3) is 0 Å². The van der Waals surface area contributed by atoms with Crippen LogP contribution >= 0.6 is 0 Å². The average Bonchev–Trinajstić information content (AvgIpc) is 2.18. The minimum Gasteiger partial charge on any atom is -0.395 e. The molecule has 0 aromatic heterocycles. The maximum absolute atomic E-state index is 13.6. The Hall–Kier alpha value is -1.00. The van der Waals surface area contributed by atoms with Crippen molar-refractivity contribution in [2.75, 3.05) is 26.7 Å². The summed E-state index contributed by atoms with van der Waals surface area (Å²) < 4.78 is 27.2. The number of likely N-dealkylation sites (N-methyl/N-ethyl adjacent to an activating group) is 1. The van der Waals surface area contributed by atoms with Gasteiger partial charge in [-0.1, -0.05) is 30.3 Å². The van der Waals surface area contributed by atoms with Crippen LogP contribution in [0.1, 0.15) is 5.56 Å². The highest BCUT2D eigenvalue weighted by atomic mass is 19.3. The van der Waals surface area contributed by atoms with E-state index in [-0.39, 0.29) is 25.3 Å². The van der Waals surface area contributed by atoms with Gasteiger partial charge in [0.2, 0.25) is 0 Å². The van der Waals surface area contributed by atoms with E-state index in [4.69, 9.17) is 5.11 Å². The molecule has 0 fully saturated rings. The van der Waals surface area contributed by atoms with E-state index >= 15 is 0 Å². The number of halogens is 2. The maximum Gasteiger partial charge on any atom is 0.285 e. The van der Waals surface area contributed by atoms with E-state index in [0.717, 1.165) is 0 Å². The summed E-state index contributed by atoms with van der Waals surface area (Å²) in [4.78, 5) is 1.41. The lowest BCUT2D eigenvalue weighted by Crippen LogP contribution is -2.34. The molecule has 0 unspecified atom stereocenters. The van der Waals surface area contributed by atoms with Crippen LogP contribution in [0.5, 0.6) is 0 Å². The van der Waals surface area contributed by atoms with Crippen molar-refractivity contribution in [2.45, 2.75) is 5.92 Å². The van der Waals surface area contributed by atoms with Crippen molar-refractivity contribution in [1.29, 1.82) is 0 Å². The first-order chi connectivity index (χ1) is 7.06. The van der Waals surface area contributed by atoms with Crippen LogP contribution in [0.3, 0.4) is 0 Å². The molecule has 84 valence electrons. The smallest absolute Gasteiger partial charge is 0.285 e. The zero-order valence-electron chi connectivity index (χ0n) is 8.66. The van der Waals surface area contributed by atoms with Crippen LogP contribution in [-0.4, -0.2) is 36.8 Å². The van der Waals surface area contributed by atoms with E-state index in [1.54, 1.807) is 25.2 Å². The molecule has 2 nitrogen and oxygen atoms in total. The summed E-state index contributed by atoms with van der Waals surface area (Å²) in [6.45, 7) is -0.235. The predicted octanol–water partition coefficient (Wildman–Crippen LogP) is 1.70. The van der Waals surface area contributed by atoms with Crippen molar-refractivity contribution in [3.63, 3.8) is 0 Å². The largest absolute Gasteiger partial charge is 0.395 e. The van der Waals surface area contributed by atoms with Gasteiger partial charge in [-0.3, -0.25) is 4.90 Å². The molecule has 0 saturated carbocycles. The van der Waals surface area contributed by atoms with Crippen molar-refractivity contribution < 1.29 is 13.9 Å². The zero-order chi connectivity index (χ0) is 11.3. The lowest BCUT2D eigenvalue weighted by molar-refractivity contribution is -0.0342. The van der Waals surface area contributed by atoms with Gasteiger partial charge in [0.15, 0.2) is 0 Å². The zero-order valence-corrected chi connectivity index (χ0v) is 8.66. The first kappa shape index (κ1) is 12.1. The standard InChI is InChI=1S/C11H15F2NO/c1-14(7-8-15)9-11(12,13)10-5-3-2-4-6-10/h2-6,15H,7-9H2,1H3. The Morgan fingerprint density at radius 2 is 1.87 bits per heavy atom. The SMILES string of the molecule is CN(CCO)CC(F)(F)c1ccccc1. The maximum atomic E-state index is 13.6. The number of aliphatic hydroxyl groups is 1. The molecule has 0 amide bonds. The summed E-state index contributed by atoms with van der Waals surface area (Å²) >= 11 is 0. The minimum absolute atomic E-state index is 0.00906. The average molecular weight is 215 g/mol. The number of hydrogen-bond acceptors (Lipinski definition) is 2. The predicted molar refractivity (Wildman–Crippen MR) is 54.9 cm³/mol. The van der Waals surface area contributed by atoms with E-state index in [2.05, 4.69) is 0 Å². The molecule has 0 radical (unpaired) electrons. The fourth-order valence-electron chi connectivity index (χ4n) is 1.36. The number of nitrogens with zero attached hydrogens (tertiary/aromatic N) is 1. The molecule has 4 heteroatoms. The van der Waals surface area contributed by atoms with Gasteiger partial charge in [-0.2, -0.15) is 8.78 Å². The second kappa shape index (κ2) is 5.19. The quantitative estimate of drug-likeness (QED) is 0.808. The van der Waals surface area contributed by atoms with E-state index in [0.29, 0.717) is 0 Å². The number of benzene rings is 1. The molecule has 0 saturated heterocycles. The van der Waals surface area contributed by atoms with Crippen molar-refractivity contribution in [1.82, 2.24) is 4.90 Å². The molecule has 0 spiro atoms. The summed E-state index contributed by atoms with van der Waals surface area (Å²) in [7, 11) is 1.56. The Morgan fingerprint density at radius 3 is 2.40 bits per heavy atom. The Balaban J connectivity index is 2.67. The third-order valence-electron chi connectivity index (χ3n) is 2.15. The summed E-state index contributed by atoms with van der Waals surface area (Å²) in [5.74, 6) is -2.87. The molecule has 0 aliphatic heterocycles. The van der Waals surface area contributed by atoms with E-state index in [1.807, 2.05) is 0 Å². The molecular weight excluding hydrogens is 200 g/mol. The molecule has 1 aromatic rings. The molecule has 0 atom stereocenters. The van der Waals surface area contributed by atoms with Gasteiger partial charge in [0.1, 0.15) is 0 Å². The van der Waals surface area contributed by atoms with Gasteiger partial charge in [0, 0.05) is 12.1 Å².